The average Bonchev–Trinajstić information content (AvgIpc) is 2.75. The highest BCUT2D eigenvalue weighted by molar-refractivity contribution is 5.62. The number of rotatable bonds is 10. The summed E-state index contributed by atoms with van der Waals surface area (Å²) < 4.78 is 16.2. The van der Waals surface area contributed by atoms with Crippen LogP contribution >= 0.6 is 0 Å². The van der Waals surface area contributed by atoms with Crippen molar-refractivity contribution in [3.8, 4) is 17.2 Å². The predicted octanol–water partition coefficient (Wildman–Crippen LogP) is 3.69. The predicted molar refractivity (Wildman–Crippen MR) is 112 cm³/mol. The third-order valence-electron chi connectivity index (χ3n) is 4.16. The quantitative estimate of drug-likeness (QED) is 0.537. The van der Waals surface area contributed by atoms with Crippen molar-refractivity contribution in [1.29, 1.82) is 0 Å². The number of aromatic nitrogens is 3. The maximum Gasteiger partial charge on any atom is 0.249 e. The van der Waals surface area contributed by atoms with E-state index in [1.54, 1.807) is 20.4 Å². The highest BCUT2D eigenvalue weighted by atomic mass is 16.5. The van der Waals surface area contributed by atoms with Crippen LogP contribution in [0.4, 0.5) is 17.5 Å². The van der Waals surface area contributed by atoms with E-state index in [0.29, 0.717) is 36.4 Å². The molecular weight excluding hydrogens is 370 g/mol. The zero-order chi connectivity index (χ0) is 20.5. The average molecular weight is 395 g/mol. The molecule has 0 aliphatic carbocycles. The molecule has 0 radical (unpaired) electrons. The van der Waals surface area contributed by atoms with Crippen LogP contribution in [0.3, 0.4) is 0 Å². The number of hydrogen-bond donors (Lipinski definition) is 2. The molecule has 2 aromatic carbocycles. The van der Waals surface area contributed by atoms with Crippen LogP contribution in [0.2, 0.25) is 0 Å². The summed E-state index contributed by atoms with van der Waals surface area (Å²) >= 11 is 0. The van der Waals surface area contributed by atoms with Gasteiger partial charge >= 0.3 is 0 Å². The van der Waals surface area contributed by atoms with Crippen LogP contribution in [0.15, 0.2) is 48.7 Å². The highest BCUT2D eigenvalue weighted by Gasteiger charge is 2.07. The molecule has 8 nitrogen and oxygen atoms in total. The lowest BCUT2D eigenvalue weighted by molar-refractivity contribution is 0.342. The normalized spacial score (nSPS) is 10.3. The van der Waals surface area contributed by atoms with Gasteiger partial charge in [-0.3, -0.25) is 0 Å². The smallest absolute Gasteiger partial charge is 0.249 e. The third kappa shape index (κ3) is 5.47. The summed E-state index contributed by atoms with van der Waals surface area (Å²) in [6, 6.07) is 13.5. The Morgan fingerprint density at radius 2 is 1.79 bits per heavy atom. The first kappa shape index (κ1) is 20.2. The second kappa shape index (κ2) is 10.1. The maximum atomic E-state index is 5.62. The molecule has 8 heteroatoms. The van der Waals surface area contributed by atoms with Crippen molar-refractivity contribution >= 4 is 17.5 Å². The van der Waals surface area contributed by atoms with Gasteiger partial charge in [-0.2, -0.15) is 10.1 Å². The van der Waals surface area contributed by atoms with Gasteiger partial charge in [0.15, 0.2) is 17.3 Å². The summed E-state index contributed by atoms with van der Waals surface area (Å²) in [6.07, 6.45) is 2.38. The molecule has 1 heterocycles. The largest absolute Gasteiger partial charge is 0.493 e. The topological polar surface area (TPSA) is 90.4 Å². The molecule has 29 heavy (non-hydrogen) atoms. The molecule has 3 rings (SSSR count). The van der Waals surface area contributed by atoms with Gasteiger partial charge in [0.25, 0.3) is 0 Å². The monoisotopic (exact) mass is 395 g/mol. The van der Waals surface area contributed by atoms with Crippen LogP contribution in [-0.4, -0.2) is 42.6 Å². The lowest BCUT2D eigenvalue weighted by Crippen LogP contribution is -2.09. The van der Waals surface area contributed by atoms with Crippen LogP contribution in [0.5, 0.6) is 17.2 Å². The minimum atomic E-state index is 0.397. The maximum absolute atomic E-state index is 5.62. The number of benzene rings is 2. The van der Waals surface area contributed by atoms with E-state index in [2.05, 4.69) is 25.8 Å². The van der Waals surface area contributed by atoms with Gasteiger partial charge < -0.3 is 24.8 Å². The van der Waals surface area contributed by atoms with Gasteiger partial charge in [-0.15, -0.1) is 5.10 Å². The number of methoxy groups -OCH3 is 2. The SMILES string of the molecule is CCOc1ccccc1Nc1nncc(NCCc2ccc(OC)c(OC)c2)n1. The summed E-state index contributed by atoms with van der Waals surface area (Å²) in [5.41, 5.74) is 1.92. The van der Waals surface area contributed by atoms with E-state index in [-0.39, 0.29) is 0 Å². The summed E-state index contributed by atoms with van der Waals surface area (Å²) in [7, 11) is 3.25. The molecule has 0 aliphatic heterocycles. The molecule has 1 aromatic heterocycles. The van der Waals surface area contributed by atoms with Gasteiger partial charge in [-0.25, -0.2) is 0 Å². The molecule has 0 spiro atoms. The van der Waals surface area contributed by atoms with Gasteiger partial charge in [0.2, 0.25) is 5.95 Å². The summed E-state index contributed by atoms with van der Waals surface area (Å²) in [5.74, 6) is 3.20. The van der Waals surface area contributed by atoms with Gasteiger partial charge in [-0.1, -0.05) is 18.2 Å². The Morgan fingerprint density at radius 1 is 0.966 bits per heavy atom. The molecule has 0 unspecified atom stereocenters. The Bertz CT molecular complexity index is 936. The third-order valence-corrected chi connectivity index (χ3v) is 4.16. The van der Waals surface area contributed by atoms with Crippen molar-refractivity contribution in [3.05, 3.63) is 54.2 Å². The van der Waals surface area contributed by atoms with Gasteiger partial charge in [0, 0.05) is 6.54 Å². The first-order chi connectivity index (χ1) is 14.2. The lowest BCUT2D eigenvalue weighted by atomic mass is 10.1. The Morgan fingerprint density at radius 3 is 2.59 bits per heavy atom. The second-order valence-electron chi connectivity index (χ2n) is 6.09. The molecule has 0 saturated heterocycles. The Labute approximate surface area is 170 Å². The van der Waals surface area contributed by atoms with E-state index in [9.17, 15) is 0 Å². The number of ether oxygens (including phenoxy) is 3. The van der Waals surface area contributed by atoms with E-state index >= 15 is 0 Å². The molecular formula is C21H25N5O3. The number of hydrogen-bond acceptors (Lipinski definition) is 8. The van der Waals surface area contributed by atoms with Crippen molar-refractivity contribution in [2.24, 2.45) is 0 Å². The van der Waals surface area contributed by atoms with Crippen molar-refractivity contribution in [2.75, 3.05) is 38.0 Å². The first-order valence-electron chi connectivity index (χ1n) is 9.36. The fourth-order valence-electron chi connectivity index (χ4n) is 2.78. The van der Waals surface area contributed by atoms with Crippen molar-refractivity contribution in [2.45, 2.75) is 13.3 Å². The summed E-state index contributed by atoms with van der Waals surface area (Å²) in [5, 5.41) is 14.5. The van der Waals surface area contributed by atoms with Gasteiger partial charge in [-0.05, 0) is 43.2 Å². The van der Waals surface area contributed by atoms with Crippen LogP contribution < -0.4 is 24.8 Å². The van der Waals surface area contributed by atoms with Crippen molar-refractivity contribution < 1.29 is 14.2 Å². The lowest BCUT2D eigenvalue weighted by Gasteiger charge is -2.12. The van der Waals surface area contributed by atoms with Crippen molar-refractivity contribution in [1.82, 2.24) is 15.2 Å². The van der Waals surface area contributed by atoms with E-state index in [0.717, 1.165) is 23.4 Å². The molecule has 0 bridgehead atoms. The zero-order valence-electron chi connectivity index (χ0n) is 16.8. The molecule has 152 valence electrons. The molecule has 2 N–H and O–H groups in total. The van der Waals surface area contributed by atoms with Gasteiger partial charge in [0.1, 0.15) is 5.75 Å². The molecule has 0 atom stereocenters. The van der Waals surface area contributed by atoms with Crippen LogP contribution in [0, 0.1) is 0 Å². The Hall–Kier alpha value is -3.55. The van der Waals surface area contributed by atoms with Crippen LogP contribution in [0.25, 0.3) is 0 Å². The minimum absolute atomic E-state index is 0.397. The van der Waals surface area contributed by atoms with E-state index in [4.69, 9.17) is 14.2 Å². The van der Waals surface area contributed by atoms with Gasteiger partial charge in [0.05, 0.1) is 32.7 Å². The van der Waals surface area contributed by atoms with Crippen LogP contribution in [0.1, 0.15) is 12.5 Å². The molecule has 3 aromatic rings. The molecule has 0 aliphatic rings. The van der Waals surface area contributed by atoms with Crippen LogP contribution in [-0.2, 0) is 6.42 Å². The number of para-hydroxylation sites is 2. The molecule has 0 fully saturated rings. The van der Waals surface area contributed by atoms with Crippen molar-refractivity contribution in [3.63, 3.8) is 0 Å². The second-order valence-corrected chi connectivity index (χ2v) is 6.09. The summed E-state index contributed by atoms with van der Waals surface area (Å²) in [6.45, 7) is 3.20. The molecule has 0 saturated carbocycles. The number of nitrogens with one attached hydrogen (secondary N) is 2. The Kier molecular flexibility index (Phi) is 7.05. The number of nitrogens with zero attached hydrogens (tertiary/aromatic N) is 3. The summed E-state index contributed by atoms with van der Waals surface area (Å²) in [4.78, 5) is 4.47. The fourth-order valence-corrected chi connectivity index (χ4v) is 2.78. The zero-order valence-corrected chi connectivity index (χ0v) is 16.8. The minimum Gasteiger partial charge on any atom is -0.493 e. The highest BCUT2D eigenvalue weighted by Crippen LogP contribution is 2.28. The van der Waals surface area contributed by atoms with E-state index in [1.165, 1.54) is 0 Å². The molecule has 0 amide bonds. The first-order valence-corrected chi connectivity index (χ1v) is 9.36. The number of anilines is 3. The van der Waals surface area contributed by atoms with E-state index in [1.807, 2.05) is 49.4 Å². The van der Waals surface area contributed by atoms with E-state index < -0.39 is 0 Å². The fraction of sp³-hybridized carbons (Fsp3) is 0.286. The Balaban J connectivity index is 1.61. The standard InChI is InChI=1S/C21H25N5O3/c1-4-29-17-8-6-5-7-16(17)24-21-25-20(14-23-26-21)22-12-11-15-9-10-18(27-2)19(13-15)28-3/h5-10,13-14H,4,11-12H2,1-3H3,(H2,22,24,25,26).